The molecule has 1 aliphatic rings. The highest BCUT2D eigenvalue weighted by molar-refractivity contribution is 6.30. The van der Waals surface area contributed by atoms with Crippen molar-refractivity contribution in [1.29, 1.82) is 0 Å². The Labute approximate surface area is 101 Å². The van der Waals surface area contributed by atoms with Gasteiger partial charge in [-0.15, -0.1) is 0 Å². The van der Waals surface area contributed by atoms with Gasteiger partial charge in [-0.2, -0.15) is 0 Å². The number of fused-ring (bicyclic) bond motifs is 1. The van der Waals surface area contributed by atoms with E-state index in [0.29, 0.717) is 17.4 Å². The summed E-state index contributed by atoms with van der Waals surface area (Å²) in [5.74, 6) is 1.35. The van der Waals surface area contributed by atoms with Crippen LogP contribution >= 0.6 is 11.6 Å². The van der Waals surface area contributed by atoms with E-state index >= 15 is 0 Å². The first kappa shape index (κ1) is 11.7. The molecule has 0 saturated heterocycles. The summed E-state index contributed by atoms with van der Waals surface area (Å²) < 4.78 is 5.85. The maximum atomic E-state index is 10.0. The van der Waals surface area contributed by atoms with Gasteiger partial charge in [0.15, 0.2) is 0 Å². The molecule has 16 heavy (non-hydrogen) atoms. The molecule has 3 heteroatoms. The van der Waals surface area contributed by atoms with Gasteiger partial charge in [0.2, 0.25) is 0 Å². The monoisotopic (exact) mass is 240 g/mol. The molecular weight excluding hydrogens is 224 g/mol. The van der Waals surface area contributed by atoms with Crippen molar-refractivity contribution in [1.82, 2.24) is 0 Å². The zero-order chi connectivity index (χ0) is 11.7. The molecule has 2 nitrogen and oxygen atoms in total. The minimum Gasteiger partial charge on any atom is -0.490 e. The van der Waals surface area contributed by atoms with Gasteiger partial charge in [0, 0.05) is 17.0 Å². The predicted octanol–water partition coefficient (Wildman–Crippen LogP) is 3.57. The lowest BCUT2D eigenvalue weighted by atomic mass is 9.94. The van der Waals surface area contributed by atoms with Gasteiger partial charge in [0.25, 0.3) is 0 Å². The van der Waals surface area contributed by atoms with E-state index in [1.165, 1.54) is 0 Å². The van der Waals surface area contributed by atoms with Crippen molar-refractivity contribution in [2.75, 3.05) is 0 Å². The summed E-state index contributed by atoms with van der Waals surface area (Å²) in [5.41, 5.74) is 0.813. The van der Waals surface area contributed by atoms with Crippen LogP contribution in [0.5, 0.6) is 5.75 Å². The number of rotatable bonds is 2. The number of ether oxygens (including phenoxy) is 1. The first-order chi connectivity index (χ1) is 7.56. The molecule has 2 atom stereocenters. The van der Waals surface area contributed by atoms with Crippen LogP contribution in [0.15, 0.2) is 18.2 Å². The average molecular weight is 241 g/mol. The van der Waals surface area contributed by atoms with Gasteiger partial charge >= 0.3 is 0 Å². The molecule has 0 spiro atoms. The lowest BCUT2D eigenvalue weighted by Gasteiger charge is -2.30. The molecule has 2 rings (SSSR count). The Morgan fingerprint density at radius 3 is 2.94 bits per heavy atom. The summed E-state index contributed by atoms with van der Waals surface area (Å²) in [7, 11) is 0. The second kappa shape index (κ2) is 4.64. The third-order valence-electron chi connectivity index (χ3n) is 2.84. The smallest absolute Gasteiger partial charge is 0.125 e. The molecule has 1 heterocycles. The molecule has 0 radical (unpaired) electrons. The number of aliphatic hydroxyl groups excluding tert-OH is 1. The van der Waals surface area contributed by atoms with E-state index < -0.39 is 6.10 Å². The van der Waals surface area contributed by atoms with Gasteiger partial charge in [-0.25, -0.2) is 0 Å². The Morgan fingerprint density at radius 1 is 1.50 bits per heavy atom. The van der Waals surface area contributed by atoms with Crippen LogP contribution in [-0.2, 0) is 0 Å². The van der Waals surface area contributed by atoms with Crippen molar-refractivity contribution in [2.24, 2.45) is 5.92 Å². The second-order valence-corrected chi connectivity index (χ2v) is 5.24. The fourth-order valence-corrected chi connectivity index (χ4v) is 2.34. The van der Waals surface area contributed by atoms with Gasteiger partial charge in [-0.3, -0.25) is 0 Å². The average Bonchev–Trinajstić information content (AvgIpc) is 2.18. The fourth-order valence-electron chi connectivity index (χ4n) is 2.16. The molecule has 1 aliphatic heterocycles. The predicted molar refractivity (Wildman–Crippen MR) is 64.9 cm³/mol. The third kappa shape index (κ3) is 2.50. The van der Waals surface area contributed by atoms with Gasteiger partial charge in [-0.05, 0) is 30.5 Å². The maximum Gasteiger partial charge on any atom is 0.125 e. The van der Waals surface area contributed by atoms with Crippen LogP contribution < -0.4 is 4.74 Å². The Hall–Kier alpha value is -0.730. The van der Waals surface area contributed by atoms with Crippen molar-refractivity contribution in [3.63, 3.8) is 0 Å². The molecule has 88 valence electrons. The van der Waals surface area contributed by atoms with Gasteiger partial charge in [0.1, 0.15) is 11.9 Å². The SMILES string of the molecule is CC(C)CC1C[C@@H](O)c2cc(Cl)ccc2O1. The third-order valence-corrected chi connectivity index (χ3v) is 3.08. The van der Waals surface area contributed by atoms with Gasteiger partial charge in [-0.1, -0.05) is 25.4 Å². The first-order valence-corrected chi connectivity index (χ1v) is 6.08. The topological polar surface area (TPSA) is 29.5 Å². The minimum atomic E-state index is -0.453. The van der Waals surface area contributed by atoms with Crippen LogP contribution in [-0.4, -0.2) is 11.2 Å². The van der Waals surface area contributed by atoms with Crippen molar-refractivity contribution in [3.8, 4) is 5.75 Å². The number of hydrogen-bond acceptors (Lipinski definition) is 2. The summed E-state index contributed by atoms with van der Waals surface area (Å²) in [6.07, 6.45) is 1.29. The standard InChI is InChI=1S/C13H17ClO2/c1-8(2)5-10-7-12(15)11-6-9(14)3-4-13(11)16-10/h3-4,6,8,10,12,15H,5,7H2,1-2H3/t10?,12-/m1/s1. The van der Waals surface area contributed by atoms with Crippen molar-refractivity contribution in [3.05, 3.63) is 28.8 Å². The quantitative estimate of drug-likeness (QED) is 0.857. The Balaban J connectivity index is 2.20. The fraction of sp³-hybridized carbons (Fsp3) is 0.538. The van der Waals surface area contributed by atoms with Gasteiger partial charge in [0.05, 0.1) is 6.10 Å². The summed E-state index contributed by atoms with van der Waals surface area (Å²) in [4.78, 5) is 0. The zero-order valence-corrected chi connectivity index (χ0v) is 10.4. The molecule has 1 N–H and O–H groups in total. The molecule has 0 saturated carbocycles. The lowest BCUT2D eigenvalue weighted by molar-refractivity contribution is 0.0556. The molecule has 1 aromatic rings. The lowest BCUT2D eigenvalue weighted by Crippen LogP contribution is -2.27. The van der Waals surface area contributed by atoms with E-state index in [-0.39, 0.29) is 6.10 Å². The normalized spacial score (nSPS) is 24.1. The molecule has 1 unspecified atom stereocenters. The van der Waals surface area contributed by atoms with Crippen LogP contribution in [0.1, 0.15) is 38.4 Å². The highest BCUT2D eigenvalue weighted by atomic mass is 35.5. The van der Waals surface area contributed by atoms with E-state index in [9.17, 15) is 5.11 Å². The van der Waals surface area contributed by atoms with Crippen molar-refractivity contribution >= 4 is 11.6 Å². The van der Waals surface area contributed by atoms with Crippen LogP contribution in [0.25, 0.3) is 0 Å². The molecule has 0 aromatic heterocycles. The number of halogens is 1. The molecular formula is C13H17ClO2. The van der Waals surface area contributed by atoms with Crippen LogP contribution in [0.2, 0.25) is 5.02 Å². The summed E-state index contributed by atoms with van der Waals surface area (Å²) >= 11 is 5.90. The Bertz CT molecular complexity index is 376. The molecule has 0 fully saturated rings. The second-order valence-electron chi connectivity index (χ2n) is 4.80. The largest absolute Gasteiger partial charge is 0.490 e. The first-order valence-electron chi connectivity index (χ1n) is 5.70. The number of hydrogen-bond donors (Lipinski definition) is 1. The number of benzene rings is 1. The number of aliphatic hydroxyl groups is 1. The summed E-state index contributed by atoms with van der Waals surface area (Å²) in [6, 6.07) is 5.42. The molecule has 0 amide bonds. The van der Waals surface area contributed by atoms with E-state index in [0.717, 1.165) is 17.7 Å². The minimum absolute atomic E-state index is 0.115. The highest BCUT2D eigenvalue weighted by Crippen LogP contribution is 2.37. The van der Waals surface area contributed by atoms with E-state index in [4.69, 9.17) is 16.3 Å². The van der Waals surface area contributed by atoms with Crippen molar-refractivity contribution in [2.45, 2.75) is 38.9 Å². The Kier molecular flexibility index (Phi) is 3.41. The van der Waals surface area contributed by atoms with Crippen LogP contribution in [0, 0.1) is 5.92 Å². The summed E-state index contributed by atoms with van der Waals surface area (Å²) in [5, 5.41) is 10.7. The van der Waals surface area contributed by atoms with Crippen molar-refractivity contribution < 1.29 is 9.84 Å². The van der Waals surface area contributed by atoms with Crippen LogP contribution in [0.4, 0.5) is 0 Å². The highest BCUT2D eigenvalue weighted by Gasteiger charge is 2.27. The van der Waals surface area contributed by atoms with E-state index in [2.05, 4.69) is 13.8 Å². The Morgan fingerprint density at radius 2 is 2.25 bits per heavy atom. The summed E-state index contributed by atoms with van der Waals surface area (Å²) in [6.45, 7) is 4.32. The molecule has 1 aromatic carbocycles. The maximum absolute atomic E-state index is 10.0. The molecule has 0 aliphatic carbocycles. The van der Waals surface area contributed by atoms with Gasteiger partial charge < -0.3 is 9.84 Å². The zero-order valence-electron chi connectivity index (χ0n) is 9.61. The molecule has 0 bridgehead atoms. The van der Waals surface area contributed by atoms with E-state index in [1.54, 1.807) is 12.1 Å². The van der Waals surface area contributed by atoms with Crippen LogP contribution in [0.3, 0.4) is 0 Å². The van der Waals surface area contributed by atoms with E-state index in [1.807, 2.05) is 6.07 Å².